The number of hydrogen-bond acceptors (Lipinski definition) is 2. The molecule has 1 aromatic carbocycles. The maximum atomic E-state index is 13.3. The molecule has 0 aromatic heterocycles. The van der Waals surface area contributed by atoms with E-state index in [1.54, 1.807) is 6.92 Å². The van der Waals surface area contributed by atoms with Crippen LogP contribution >= 0.6 is 0 Å². The number of halogens is 1. The molecule has 1 saturated heterocycles. The maximum absolute atomic E-state index is 13.3. The van der Waals surface area contributed by atoms with Gasteiger partial charge in [-0.2, -0.15) is 0 Å². The molecule has 1 aliphatic carbocycles. The summed E-state index contributed by atoms with van der Waals surface area (Å²) < 4.78 is 13.3. The highest BCUT2D eigenvalue weighted by Gasteiger charge is 2.38. The van der Waals surface area contributed by atoms with Crippen LogP contribution in [0.4, 0.5) is 10.1 Å². The Morgan fingerprint density at radius 1 is 1.41 bits per heavy atom. The second-order valence-electron chi connectivity index (χ2n) is 5.36. The minimum Gasteiger partial charge on any atom is -0.389 e. The lowest BCUT2D eigenvalue weighted by atomic mass is 10.0. The molecule has 2 nitrogen and oxygen atoms in total. The Bertz CT molecular complexity index is 432. The third-order valence-electron chi connectivity index (χ3n) is 4.16. The number of fused-ring (bicyclic) bond motifs is 2. The van der Waals surface area contributed by atoms with Crippen LogP contribution in [0.15, 0.2) is 18.2 Å². The van der Waals surface area contributed by atoms with E-state index in [1.165, 1.54) is 31.4 Å². The predicted molar refractivity (Wildman–Crippen MR) is 65.5 cm³/mol. The Hall–Kier alpha value is -1.09. The molecule has 0 amide bonds. The summed E-state index contributed by atoms with van der Waals surface area (Å²) in [7, 11) is 0. The quantitative estimate of drug-likeness (QED) is 0.852. The number of aliphatic hydroxyl groups excluding tert-OH is 1. The van der Waals surface area contributed by atoms with E-state index in [-0.39, 0.29) is 5.82 Å². The fourth-order valence-corrected chi connectivity index (χ4v) is 3.34. The van der Waals surface area contributed by atoms with Crippen molar-refractivity contribution in [3.63, 3.8) is 0 Å². The summed E-state index contributed by atoms with van der Waals surface area (Å²) in [6.07, 6.45) is 3.21. The van der Waals surface area contributed by atoms with Gasteiger partial charge in [0.05, 0.1) is 6.10 Å². The molecule has 2 aliphatic rings. The Morgan fingerprint density at radius 2 is 2.24 bits per heavy atom. The van der Waals surface area contributed by atoms with Crippen molar-refractivity contribution in [3.8, 4) is 0 Å². The SMILES string of the molecule is C[C@H](O)c1cc(F)ccc1N1CC2CCC1C2. The fraction of sp³-hybridized carbons (Fsp3) is 0.571. The molecule has 1 aromatic rings. The van der Waals surface area contributed by atoms with E-state index in [0.717, 1.165) is 23.7 Å². The number of hydrogen-bond donors (Lipinski definition) is 1. The molecule has 1 heterocycles. The van der Waals surface area contributed by atoms with Gasteiger partial charge in [-0.3, -0.25) is 0 Å². The highest BCUT2D eigenvalue weighted by Crippen LogP contribution is 2.42. The highest BCUT2D eigenvalue weighted by atomic mass is 19.1. The van der Waals surface area contributed by atoms with Crippen molar-refractivity contribution in [2.45, 2.75) is 38.3 Å². The summed E-state index contributed by atoms with van der Waals surface area (Å²) in [4.78, 5) is 2.36. The van der Waals surface area contributed by atoms with Crippen LogP contribution in [0.25, 0.3) is 0 Å². The van der Waals surface area contributed by atoms with Gasteiger partial charge in [0, 0.05) is 23.8 Å². The van der Waals surface area contributed by atoms with Crippen LogP contribution in [0.2, 0.25) is 0 Å². The standard InChI is InChI=1S/C14H18FNO/c1-9(17)13-7-11(15)3-5-14(13)16-8-10-2-4-12(16)6-10/h3,5,7,9-10,12,17H,2,4,6,8H2,1H3/t9-,10?,12?/m0/s1. The van der Waals surface area contributed by atoms with Gasteiger partial charge >= 0.3 is 0 Å². The van der Waals surface area contributed by atoms with E-state index >= 15 is 0 Å². The Morgan fingerprint density at radius 3 is 2.82 bits per heavy atom. The van der Waals surface area contributed by atoms with Crippen LogP contribution in [-0.2, 0) is 0 Å². The van der Waals surface area contributed by atoms with Crippen LogP contribution in [-0.4, -0.2) is 17.7 Å². The van der Waals surface area contributed by atoms with Crippen molar-refractivity contribution in [2.24, 2.45) is 5.92 Å². The summed E-state index contributed by atoms with van der Waals surface area (Å²) in [5.74, 6) is 0.529. The van der Waals surface area contributed by atoms with E-state index in [1.807, 2.05) is 6.07 Å². The summed E-state index contributed by atoms with van der Waals surface area (Å²) in [6, 6.07) is 5.38. The topological polar surface area (TPSA) is 23.5 Å². The molecule has 3 rings (SSSR count). The van der Waals surface area contributed by atoms with Crippen molar-refractivity contribution < 1.29 is 9.50 Å². The Balaban J connectivity index is 1.97. The number of rotatable bonds is 2. The maximum Gasteiger partial charge on any atom is 0.123 e. The first-order valence-corrected chi connectivity index (χ1v) is 6.39. The second kappa shape index (κ2) is 3.98. The predicted octanol–water partition coefficient (Wildman–Crippen LogP) is 2.87. The van der Waals surface area contributed by atoms with Crippen molar-refractivity contribution in [2.75, 3.05) is 11.4 Å². The molecule has 1 N–H and O–H groups in total. The molecule has 1 aliphatic heterocycles. The molecule has 2 unspecified atom stereocenters. The smallest absolute Gasteiger partial charge is 0.123 e. The van der Waals surface area contributed by atoms with E-state index in [0.29, 0.717) is 6.04 Å². The number of piperidine rings is 1. The first-order chi connectivity index (χ1) is 8.15. The normalized spacial score (nSPS) is 28.8. The number of nitrogens with zero attached hydrogens (tertiary/aromatic N) is 1. The van der Waals surface area contributed by atoms with Crippen LogP contribution < -0.4 is 4.90 Å². The second-order valence-corrected chi connectivity index (χ2v) is 5.36. The molecule has 1 saturated carbocycles. The molecule has 17 heavy (non-hydrogen) atoms. The molecule has 0 spiro atoms. The minimum absolute atomic E-state index is 0.269. The highest BCUT2D eigenvalue weighted by molar-refractivity contribution is 5.57. The summed E-state index contributed by atoms with van der Waals surface area (Å²) in [5.41, 5.74) is 1.74. The minimum atomic E-state index is -0.611. The van der Waals surface area contributed by atoms with Gasteiger partial charge in [0.1, 0.15) is 5.82 Å². The third-order valence-corrected chi connectivity index (χ3v) is 4.16. The third kappa shape index (κ3) is 1.82. The van der Waals surface area contributed by atoms with E-state index < -0.39 is 6.10 Å². The lowest BCUT2D eigenvalue weighted by Gasteiger charge is -2.31. The van der Waals surface area contributed by atoms with Gasteiger partial charge in [-0.15, -0.1) is 0 Å². The van der Waals surface area contributed by atoms with Gasteiger partial charge in [0.2, 0.25) is 0 Å². The summed E-state index contributed by atoms with van der Waals surface area (Å²) in [6.45, 7) is 2.77. The zero-order chi connectivity index (χ0) is 12.0. The average Bonchev–Trinajstić information content (AvgIpc) is 2.90. The van der Waals surface area contributed by atoms with E-state index in [9.17, 15) is 9.50 Å². The lowest BCUT2D eigenvalue weighted by Crippen LogP contribution is -2.32. The van der Waals surface area contributed by atoms with Gasteiger partial charge < -0.3 is 10.0 Å². The van der Waals surface area contributed by atoms with Crippen LogP contribution in [0.3, 0.4) is 0 Å². The molecule has 2 bridgehead atoms. The summed E-state index contributed by atoms with van der Waals surface area (Å²) >= 11 is 0. The average molecular weight is 235 g/mol. The molecule has 0 radical (unpaired) electrons. The Kier molecular flexibility index (Phi) is 2.58. The zero-order valence-corrected chi connectivity index (χ0v) is 10.1. The molecular weight excluding hydrogens is 217 g/mol. The van der Waals surface area contributed by atoms with Crippen molar-refractivity contribution in [1.29, 1.82) is 0 Å². The van der Waals surface area contributed by atoms with Crippen molar-refractivity contribution >= 4 is 5.69 Å². The first kappa shape index (κ1) is 11.0. The Labute approximate surface area is 101 Å². The van der Waals surface area contributed by atoms with Gasteiger partial charge in [-0.25, -0.2) is 4.39 Å². The zero-order valence-electron chi connectivity index (χ0n) is 10.1. The summed E-state index contributed by atoms with van der Waals surface area (Å²) in [5, 5.41) is 9.77. The molecule has 92 valence electrons. The largest absolute Gasteiger partial charge is 0.389 e. The first-order valence-electron chi connectivity index (χ1n) is 6.39. The van der Waals surface area contributed by atoms with Gasteiger partial charge in [-0.05, 0) is 50.3 Å². The van der Waals surface area contributed by atoms with Gasteiger partial charge in [-0.1, -0.05) is 0 Å². The molecule has 3 heteroatoms. The number of anilines is 1. The monoisotopic (exact) mass is 235 g/mol. The van der Waals surface area contributed by atoms with Crippen molar-refractivity contribution in [1.82, 2.24) is 0 Å². The van der Waals surface area contributed by atoms with Crippen LogP contribution in [0, 0.1) is 11.7 Å². The molecular formula is C14H18FNO. The number of benzene rings is 1. The van der Waals surface area contributed by atoms with E-state index in [2.05, 4.69) is 4.90 Å². The van der Waals surface area contributed by atoms with Crippen molar-refractivity contribution in [3.05, 3.63) is 29.6 Å². The number of aliphatic hydroxyl groups is 1. The van der Waals surface area contributed by atoms with Crippen LogP contribution in [0.5, 0.6) is 0 Å². The van der Waals surface area contributed by atoms with Gasteiger partial charge in [0.15, 0.2) is 0 Å². The molecule has 3 atom stereocenters. The van der Waals surface area contributed by atoms with Gasteiger partial charge in [0.25, 0.3) is 0 Å². The fourth-order valence-electron chi connectivity index (χ4n) is 3.34. The van der Waals surface area contributed by atoms with E-state index in [4.69, 9.17) is 0 Å². The van der Waals surface area contributed by atoms with Crippen LogP contribution in [0.1, 0.15) is 37.9 Å². The lowest BCUT2D eigenvalue weighted by molar-refractivity contribution is 0.199. The molecule has 2 fully saturated rings.